The van der Waals surface area contributed by atoms with E-state index in [1.54, 1.807) is 61.6 Å². The fourth-order valence-corrected chi connectivity index (χ4v) is 5.06. The standard InChI is InChI=1S/C28H21Cl4N3O6/c1-35(2)13-14(26-23(28(37)39-4)25(34-41-26)21-17(31)9-6-10-18(21)32)11-12-19-22(27(36)38-3)24(33-40-19)20-15(29)7-5-8-16(20)30/h5-13H,1-4H3/b12-11+,14-13+. The molecule has 0 aliphatic heterocycles. The van der Waals surface area contributed by atoms with Crippen LogP contribution in [0.3, 0.4) is 0 Å². The minimum atomic E-state index is -0.740. The van der Waals surface area contributed by atoms with E-state index in [2.05, 4.69) is 10.3 Å². The number of methoxy groups -OCH3 is 2. The van der Waals surface area contributed by atoms with Crippen LogP contribution in [0.4, 0.5) is 0 Å². The second-order valence-electron chi connectivity index (χ2n) is 8.56. The highest BCUT2D eigenvalue weighted by atomic mass is 35.5. The normalized spacial score (nSPS) is 11.7. The maximum absolute atomic E-state index is 13.0. The number of esters is 2. The molecule has 4 aromatic rings. The average Bonchev–Trinajstić information content (AvgIpc) is 3.55. The number of hydrogen-bond acceptors (Lipinski definition) is 9. The lowest BCUT2D eigenvalue weighted by molar-refractivity contribution is 0.0591. The third-order valence-corrected chi connectivity index (χ3v) is 6.92. The van der Waals surface area contributed by atoms with Gasteiger partial charge in [0.25, 0.3) is 0 Å². The number of halogens is 4. The van der Waals surface area contributed by atoms with Gasteiger partial charge < -0.3 is 23.4 Å². The van der Waals surface area contributed by atoms with E-state index in [9.17, 15) is 9.59 Å². The van der Waals surface area contributed by atoms with Gasteiger partial charge in [0.1, 0.15) is 22.5 Å². The summed E-state index contributed by atoms with van der Waals surface area (Å²) in [6, 6.07) is 9.74. The molecule has 41 heavy (non-hydrogen) atoms. The first-order valence-electron chi connectivity index (χ1n) is 11.7. The van der Waals surface area contributed by atoms with Gasteiger partial charge in [0.15, 0.2) is 11.5 Å². The highest BCUT2D eigenvalue weighted by molar-refractivity contribution is 6.40. The van der Waals surface area contributed by atoms with Gasteiger partial charge in [-0.3, -0.25) is 0 Å². The number of nitrogens with zero attached hydrogens (tertiary/aromatic N) is 3. The lowest BCUT2D eigenvalue weighted by atomic mass is 10.0. The molecular formula is C28H21Cl4N3O6. The van der Waals surface area contributed by atoms with Crippen molar-refractivity contribution >= 4 is 70.0 Å². The molecule has 0 unspecified atom stereocenters. The van der Waals surface area contributed by atoms with E-state index in [1.165, 1.54) is 26.4 Å². The van der Waals surface area contributed by atoms with Crippen molar-refractivity contribution in [2.75, 3.05) is 28.3 Å². The van der Waals surface area contributed by atoms with Gasteiger partial charge in [-0.25, -0.2) is 9.59 Å². The zero-order valence-corrected chi connectivity index (χ0v) is 25.0. The highest BCUT2D eigenvalue weighted by Gasteiger charge is 2.30. The predicted molar refractivity (Wildman–Crippen MR) is 157 cm³/mol. The summed E-state index contributed by atoms with van der Waals surface area (Å²) in [5, 5.41) is 9.18. The van der Waals surface area contributed by atoms with Crippen LogP contribution in [0.25, 0.3) is 34.2 Å². The summed E-state index contributed by atoms with van der Waals surface area (Å²) in [5.74, 6) is -1.40. The van der Waals surface area contributed by atoms with E-state index >= 15 is 0 Å². The Kier molecular flexibility index (Phi) is 9.45. The molecular weight excluding hydrogens is 616 g/mol. The quantitative estimate of drug-likeness (QED) is 0.141. The Morgan fingerprint density at radius 3 is 1.73 bits per heavy atom. The lowest BCUT2D eigenvalue weighted by Crippen LogP contribution is -2.07. The fraction of sp³-hybridized carbons (Fsp3) is 0.143. The monoisotopic (exact) mass is 635 g/mol. The Labute approximate surface area is 254 Å². The molecule has 2 heterocycles. The van der Waals surface area contributed by atoms with Crippen LogP contribution in [-0.2, 0) is 9.47 Å². The minimum Gasteiger partial charge on any atom is -0.465 e. The summed E-state index contributed by atoms with van der Waals surface area (Å²) in [4.78, 5) is 27.5. The maximum atomic E-state index is 13.0. The Balaban J connectivity index is 1.89. The van der Waals surface area contributed by atoms with Crippen molar-refractivity contribution < 1.29 is 28.1 Å². The summed E-state index contributed by atoms with van der Waals surface area (Å²) in [5.41, 5.74) is 1.09. The molecule has 13 heteroatoms. The van der Waals surface area contributed by atoms with Crippen molar-refractivity contribution in [2.45, 2.75) is 0 Å². The van der Waals surface area contributed by atoms with E-state index in [4.69, 9.17) is 64.9 Å². The van der Waals surface area contributed by atoms with Crippen molar-refractivity contribution in [3.8, 4) is 22.5 Å². The molecule has 2 aromatic carbocycles. The first-order chi connectivity index (χ1) is 19.6. The van der Waals surface area contributed by atoms with Crippen LogP contribution in [0.1, 0.15) is 32.2 Å². The smallest absolute Gasteiger partial charge is 0.344 e. The molecule has 0 amide bonds. The number of hydrogen-bond donors (Lipinski definition) is 0. The molecule has 0 saturated heterocycles. The van der Waals surface area contributed by atoms with Crippen LogP contribution in [0.2, 0.25) is 20.1 Å². The molecule has 0 saturated carbocycles. The van der Waals surface area contributed by atoms with Gasteiger partial charge in [-0.2, -0.15) is 0 Å². The number of rotatable bonds is 8. The van der Waals surface area contributed by atoms with E-state index in [1.807, 2.05) is 0 Å². The first-order valence-corrected chi connectivity index (χ1v) is 13.2. The molecule has 0 radical (unpaired) electrons. The Bertz CT molecular complexity index is 1650. The second-order valence-corrected chi connectivity index (χ2v) is 10.2. The first kappa shape index (κ1) is 30.2. The van der Waals surface area contributed by atoms with Crippen LogP contribution in [0.5, 0.6) is 0 Å². The zero-order chi connectivity index (χ0) is 29.8. The average molecular weight is 637 g/mol. The SMILES string of the molecule is COC(=O)c1c(-c2c(Cl)cccc2Cl)noc1/C=C/C(=C\N(C)C)c1onc(-c2c(Cl)cccc2Cl)c1C(=O)OC. The van der Waals surface area contributed by atoms with Crippen LogP contribution in [0, 0.1) is 0 Å². The van der Waals surface area contributed by atoms with E-state index in [0.29, 0.717) is 16.7 Å². The topological polar surface area (TPSA) is 108 Å². The molecule has 212 valence electrons. The van der Waals surface area contributed by atoms with Gasteiger partial charge in [0, 0.05) is 37.0 Å². The third kappa shape index (κ3) is 6.13. The molecule has 0 atom stereocenters. The van der Waals surface area contributed by atoms with Gasteiger partial charge in [0.05, 0.1) is 34.3 Å². The molecule has 0 fully saturated rings. The summed E-state index contributed by atoms with van der Waals surface area (Å²) in [7, 11) is 5.97. The number of allylic oxidation sites excluding steroid dienone is 2. The van der Waals surface area contributed by atoms with E-state index in [-0.39, 0.29) is 54.1 Å². The van der Waals surface area contributed by atoms with Gasteiger partial charge in [0.2, 0.25) is 0 Å². The molecule has 4 rings (SSSR count). The molecule has 0 spiro atoms. The van der Waals surface area contributed by atoms with Crippen LogP contribution in [-0.4, -0.2) is 55.5 Å². The molecule has 2 aromatic heterocycles. The molecule has 9 nitrogen and oxygen atoms in total. The third-order valence-electron chi connectivity index (χ3n) is 5.66. The molecule has 0 bridgehead atoms. The summed E-state index contributed by atoms with van der Waals surface area (Å²) in [6.45, 7) is 0. The Morgan fingerprint density at radius 2 is 1.24 bits per heavy atom. The summed E-state index contributed by atoms with van der Waals surface area (Å²) in [6.07, 6.45) is 4.64. The summed E-state index contributed by atoms with van der Waals surface area (Å²) < 4.78 is 21.2. The molecule has 0 aliphatic carbocycles. The van der Waals surface area contributed by atoms with Crippen molar-refractivity contribution in [1.82, 2.24) is 15.2 Å². The van der Waals surface area contributed by atoms with Gasteiger partial charge in [-0.05, 0) is 36.4 Å². The Hall–Kier alpha value is -3.76. The predicted octanol–water partition coefficient (Wildman–Crippen LogP) is 7.80. The Morgan fingerprint density at radius 1 is 0.780 bits per heavy atom. The number of carbonyl (C=O) groups is 2. The van der Waals surface area contributed by atoms with Crippen LogP contribution in [0.15, 0.2) is 57.7 Å². The van der Waals surface area contributed by atoms with Crippen molar-refractivity contribution in [3.63, 3.8) is 0 Å². The fourth-order valence-electron chi connectivity index (χ4n) is 3.90. The lowest BCUT2D eigenvalue weighted by Gasteiger charge is -2.09. The molecule has 0 N–H and O–H groups in total. The zero-order valence-electron chi connectivity index (χ0n) is 22.0. The van der Waals surface area contributed by atoms with Crippen molar-refractivity contribution in [1.29, 1.82) is 0 Å². The largest absolute Gasteiger partial charge is 0.465 e. The van der Waals surface area contributed by atoms with Crippen molar-refractivity contribution in [3.05, 3.63) is 91.4 Å². The number of carbonyl (C=O) groups excluding carboxylic acids is 2. The van der Waals surface area contributed by atoms with Gasteiger partial charge >= 0.3 is 11.9 Å². The number of ether oxygens (including phenoxy) is 2. The van der Waals surface area contributed by atoms with Crippen LogP contribution >= 0.6 is 46.4 Å². The summed E-state index contributed by atoms with van der Waals surface area (Å²) >= 11 is 25.5. The second kappa shape index (κ2) is 12.8. The number of aromatic nitrogens is 2. The number of benzene rings is 2. The van der Waals surface area contributed by atoms with E-state index in [0.717, 1.165) is 0 Å². The van der Waals surface area contributed by atoms with E-state index < -0.39 is 11.9 Å². The van der Waals surface area contributed by atoms with Gasteiger partial charge in [-0.15, -0.1) is 0 Å². The van der Waals surface area contributed by atoms with Crippen LogP contribution < -0.4 is 0 Å². The molecule has 0 aliphatic rings. The van der Waals surface area contributed by atoms with Gasteiger partial charge in [-0.1, -0.05) is 68.8 Å². The maximum Gasteiger partial charge on any atom is 0.344 e. The minimum absolute atomic E-state index is 0.0164. The van der Waals surface area contributed by atoms with Crippen molar-refractivity contribution in [2.24, 2.45) is 0 Å². The highest BCUT2D eigenvalue weighted by Crippen LogP contribution is 2.40.